The molecule has 9 nitrogen and oxygen atoms in total. The van der Waals surface area contributed by atoms with Crippen LogP contribution in [0.15, 0.2) is 0 Å². The number of hydrogen-bond acceptors (Lipinski definition) is 9. The highest BCUT2D eigenvalue weighted by molar-refractivity contribution is 5.77. The molecular weight excluding hydrogens is 300 g/mol. The summed E-state index contributed by atoms with van der Waals surface area (Å²) in [5.74, 6) is -2.85. The van der Waals surface area contributed by atoms with Gasteiger partial charge in [-0.15, -0.1) is 0 Å². The zero-order valence-electron chi connectivity index (χ0n) is 12.7. The summed E-state index contributed by atoms with van der Waals surface area (Å²) in [6, 6.07) is 0. The van der Waals surface area contributed by atoms with Crippen LogP contribution in [0.25, 0.3) is 0 Å². The molecule has 0 aromatic heterocycles. The summed E-state index contributed by atoms with van der Waals surface area (Å²) < 4.78 is 24.9. The molecule has 0 bridgehead atoms. The van der Waals surface area contributed by atoms with Crippen molar-refractivity contribution in [2.45, 2.75) is 45.2 Å². The van der Waals surface area contributed by atoms with Crippen molar-refractivity contribution >= 4 is 23.9 Å². The van der Waals surface area contributed by atoms with Gasteiger partial charge in [-0.1, -0.05) is 0 Å². The Labute approximate surface area is 126 Å². The summed E-state index contributed by atoms with van der Waals surface area (Å²) in [6.45, 7) is 3.21. The third-order valence-corrected chi connectivity index (χ3v) is 2.78. The lowest BCUT2D eigenvalue weighted by atomic mass is 9.99. The van der Waals surface area contributed by atoms with Crippen molar-refractivity contribution in [1.82, 2.24) is 0 Å². The lowest BCUT2D eigenvalue weighted by Gasteiger charge is -2.39. The fourth-order valence-electron chi connectivity index (χ4n) is 2.06. The molecule has 1 aliphatic rings. The van der Waals surface area contributed by atoms with Crippen LogP contribution in [0.5, 0.6) is 0 Å². The predicted octanol–water partition coefficient (Wildman–Crippen LogP) is -0.647. The molecule has 0 aromatic carbocycles. The first-order valence-electron chi connectivity index (χ1n) is 6.47. The standard InChI is InChI=1S/C13H18O9/c1-6(14)20-9-5-19-12(13(17)18-4)11(22-8(3)16)10(9)21-7(2)15/h9-12H,5H2,1-4H3/t9-,10+,11-,12?/m0/s1. The fourth-order valence-corrected chi connectivity index (χ4v) is 2.06. The van der Waals surface area contributed by atoms with Crippen molar-refractivity contribution < 1.29 is 42.9 Å². The van der Waals surface area contributed by atoms with E-state index < -0.39 is 48.3 Å². The smallest absolute Gasteiger partial charge is 0.339 e. The Morgan fingerprint density at radius 2 is 1.36 bits per heavy atom. The van der Waals surface area contributed by atoms with Gasteiger partial charge in [0, 0.05) is 20.8 Å². The van der Waals surface area contributed by atoms with Crippen LogP contribution in [0.3, 0.4) is 0 Å². The van der Waals surface area contributed by atoms with Crippen LogP contribution >= 0.6 is 0 Å². The van der Waals surface area contributed by atoms with Gasteiger partial charge in [0.05, 0.1) is 13.7 Å². The van der Waals surface area contributed by atoms with Gasteiger partial charge in [0.15, 0.2) is 24.4 Å². The van der Waals surface area contributed by atoms with Gasteiger partial charge >= 0.3 is 23.9 Å². The molecule has 1 fully saturated rings. The first-order chi connectivity index (χ1) is 10.3. The van der Waals surface area contributed by atoms with Gasteiger partial charge in [-0.25, -0.2) is 4.79 Å². The van der Waals surface area contributed by atoms with Crippen LogP contribution in [0.1, 0.15) is 20.8 Å². The fraction of sp³-hybridized carbons (Fsp3) is 0.692. The summed E-state index contributed by atoms with van der Waals surface area (Å²) in [5, 5.41) is 0. The van der Waals surface area contributed by atoms with Crippen LogP contribution in [0, 0.1) is 0 Å². The first-order valence-corrected chi connectivity index (χ1v) is 6.47. The van der Waals surface area contributed by atoms with Crippen LogP contribution < -0.4 is 0 Å². The Morgan fingerprint density at radius 1 is 0.864 bits per heavy atom. The Hall–Kier alpha value is -2.16. The molecule has 0 spiro atoms. The molecule has 0 amide bonds. The zero-order chi connectivity index (χ0) is 16.9. The molecule has 0 aromatic rings. The summed E-state index contributed by atoms with van der Waals surface area (Å²) in [4.78, 5) is 45.4. The minimum Gasteiger partial charge on any atom is -0.467 e. The quantitative estimate of drug-likeness (QED) is 0.492. The Morgan fingerprint density at radius 3 is 1.82 bits per heavy atom. The molecule has 0 aliphatic carbocycles. The van der Waals surface area contributed by atoms with Crippen LogP contribution in [-0.2, 0) is 42.9 Å². The van der Waals surface area contributed by atoms with Gasteiger partial charge in [-0.05, 0) is 0 Å². The van der Waals surface area contributed by atoms with Crippen molar-refractivity contribution in [3.05, 3.63) is 0 Å². The molecule has 9 heteroatoms. The molecule has 1 rings (SSSR count). The van der Waals surface area contributed by atoms with E-state index in [0.29, 0.717) is 0 Å². The minimum absolute atomic E-state index is 0.213. The normalized spacial score (nSPS) is 27.5. The van der Waals surface area contributed by atoms with E-state index in [1.165, 1.54) is 0 Å². The van der Waals surface area contributed by atoms with Gasteiger partial charge in [0.25, 0.3) is 0 Å². The van der Waals surface area contributed by atoms with Gasteiger partial charge in [-0.3, -0.25) is 14.4 Å². The highest BCUT2D eigenvalue weighted by Gasteiger charge is 2.50. The average Bonchev–Trinajstić information content (AvgIpc) is 2.40. The molecule has 1 saturated heterocycles. The van der Waals surface area contributed by atoms with Crippen molar-refractivity contribution in [2.75, 3.05) is 13.7 Å². The van der Waals surface area contributed by atoms with Crippen molar-refractivity contribution in [1.29, 1.82) is 0 Å². The van der Waals surface area contributed by atoms with Gasteiger partial charge < -0.3 is 23.7 Å². The molecule has 1 heterocycles. The molecule has 1 aliphatic heterocycles. The minimum atomic E-state index is -1.29. The number of ether oxygens (including phenoxy) is 5. The molecule has 0 saturated carbocycles. The molecule has 1 unspecified atom stereocenters. The molecular formula is C13H18O9. The molecule has 22 heavy (non-hydrogen) atoms. The second kappa shape index (κ2) is 7.74. The zero-order valence-corrected chi connectivity index (χ0v) is 12.7. The van der Waals surface area contributed by atoms with E-state index in [1.807, 2.05) is 0 Å². The monoisotopic (exact) mass is 318 g/mol. The second-order valence-corrected chi connectivity index (χ2v) is 4.57. The summed E-state index contributed by atoms with van der Waals surface area (Å²) >= 11 is 0. The number of hydrogen-bond donors (Lipinski definition) is 0. The van der Waals surface area contributed by atoms with E-state index in [1.54, 1.807) is 0 Å². The van der Waals surface area contributed by atoms with Crippen LogP contribution in [-0.4, -0.2) is 62.0 Å². The number of carbonyl (C=O) groups excluding carboxylic acids is 4. The van der Waals surface area contributed by atoms with Crippen molar-refractivity contribution in [3.8, 4) is 0 Å². The van der Waals surface area contributed by atoms with Crippen molar-refractivity contribution in [2.24, 2.45) is 0 Å². The lowest BCUT2D eigenvalue weighted by molar-refractivity contribution is -0.229. The average molecular weight is 318 g/mol. The highest BCUT2D eigenvalue weighted by Crippen LogP contribution is 2.25. The second-order valence-electron chi connectivity index (χ2n) is 4.57. The van der Waals surface area contributed by atoms with Crippen LogP contribution in [0.4, 0.5) is 0 Å². The van der Waals surface area contributed by atoms with Gasteiger partial charge in [-0.2, -0.15) is 0 Å². The number of carbonyl (C=O) groups is 4. The van der Waals surface area contributed by atoms with E-state index in [9.17, 15) is 19.2 Å². The predicted molar refractivity (Wildman–Crippen MR) is 68.4 cm³/mol. The topological polar surface area (TPSA) is 114 Å². The lowest BCUT2D eigenvalue weighted by Crippen LogP contribution is -2.59. The van der Waals surface area contributed by atoms with E-state index in [0.717, 1.165) is 27.9 Å². The highest BCUT2D eigenvalue weighted by atomic mass is 16.7. The number of esters is 4. The van der Waals surface area contributed by atoms with Gasteiger partial charge in [0.2, 0.25) is 0 Å². The molecule has 4 atom stereocenters. The Kier molecular flexibility index (Phi) is 6.29. The number of methoxy groups -OCH3 is 1. The summed E-state index contributed by atoms with van der Waals surface area (Å²) in [7, 11) is 1.13. The number of rotatable bonds is 4. The SMILES string of the molecule is COC(=O)C1OC[C@H](OC(C)=O)[C@@H](OC(C)=O)[C@@H]1OC(C)=O. The van der Waals surface area contributed by atoms with Gasteiger partial charge in [0.1, 0.15) is 0 Å². The summed E-state index contributed by atoms with van der Waals surface area (Å²) in [6.07, 6.45) is -4.76. The maximum Gasteiger partial charge on any atom is 0.339 e. The van der Waals surface area contributed by atoms with E-state index in [-0.39, 0.29) is 6.61 Å². The van der Waals surface area contributed by atoms with E-state index in [2.05, 4.69) is 4.74 Å². The third-order valence-electron chi connectivity index (χ3n) is 2.78. The van der Waals surface area contributed by atoms with Crippen molar-refractivity contribution in [3.63, 3.8) is 0 Å². The van der Waals surface area contributed by atoms with E-state index in [4.69, 9.17) is 18.9 Å². The molecule has 124 valence electrons. The third kappa shape index (κ3) is 4.69. The summed E-state index contributed by atoms with van der Waals surface area (Å²) in [5.41, 5.74) is 0. The maximum atomic E-state index is 11.7. The maximum absolute atomic E-state index is 11.7. The Balaban J connectivity index is 3.09. The van der Waals surface area contributed by atoms with E-state index >= 15 is 0 Å². The first kappa shape index (κ1) is 17.9. The van der Waals surface area contributed by atoms with Crippen LogP contribution in [0.2, 0.25) is 0 Å². The molecule has 0 N–H and O–H groups in total. The largest absolute Gasteiger partial charge is 0.467 e. The molecule has 0 radical (unpaired) electrons. The Bertz CT molecular complexity index is 458.